The average Bonchev–Trinajstić information content (AvgIpc) is 2.12. The van der Waals surface area contributed by atoms with E-state index < -0.39 is 11.8 Å². The number of carboxylic acids is 1. The Hall–Kier alpha value is -1.26. The molecule has 0 unspecified atom stereocenters. The van der Waals surface area contributed by atoms with Crippen molar-refractivity contribution < 1.29 is 19.8 Å². The van der Waals surface area contributed by atoms with Crippen LogP contribution in [0.15, 0.2) is 12.1 Å². The van der Waals surface area contributed by atoms with Gasteiger partial charge in [0, 0.05) is 5.56 Å². The molecule has 0 amide bonds. The lowest BCUT2D eigenvalue weighted by atomic mass is 10.1. The molecule has 0 aliphatic heterocycles. The number of halogens is 2. The minimum atomic E-state index is -1.61. The molecule has 0 saturated heterocycles. The highest BCUT2D eigenvalue weighted by molar-refractivity contribution is 6.42. The van der Waals surface area contributed by atoms with Gasteiger partial charge in [0.05, 0.1) is 10.0 Å². The quantitative estimate of drug-likeness (QED) is 0.606. The van der Waals surface area contributed by atoms with Gasteiger partial charge in [-0.15, -0.1) is 0 Å². The lowest BCUT2D eigenvalue weighted by Crippen LogP contribution is -2.12. The molecule has 0 atom stereocenters. The predicted molar refractivity (Wildman–Crippen MR) is 50.1 cm³/mol. The van der Waals surface area contributed by atoms with Crippen LogP contribution in [0.1, 0.15) is 10.4 Å². The van der Waals surface area contributed by atoms with E-state index >= 15 is 0 Å². The number of carbonyl (C=O) groups excluding carboxylic acids is 1. The maximum Gasteiger partial charge on any atom is 0.377 e. The van der Waals surface area contributed by atoms with E-state index in [4.69, 9.17) is 33.4 Å². The van der Waals surface area contributed by atoms with Crippen LogP contribution in [0.4, 0.5) is 0 Å². The summed E-state index contributed by atoms with van der Waals surface area (Å²) < 4.78 is 0. The van der Waals surface area contributed by atoms with Crippen molar-refractivity contribution in [1.29, 1.82) is 0 Å². The number of ketones is 1. The zero-order valence-electron chi connectivity index (χ0n) is 6.62. The molecular weight excluding hydrogens is 231 g/mol. The van der Waals surface area contributed by atoms with Crippen LogP contribution in [-0.2, 0) is 4.79 Å². The lowest BCUT2D eigenvalue weighted by Gasteiger charge is -2.01. The van der Waals surface area contributed by atoms with Gasteiger partial charge >= 0.3 is 5.97 Å². The molecule has 2 N–H and O–H groups in total. The molecule has 1 aromatic rings. The number of aliphatic carboxylic acids is 1. The Morgan fingerprint density at radius 1 is 1.14 bits per heavy atom. The molecule has 0 fully saturated rings. The molecule has 0 saturated carbocycles. The molecule has 0 bridgehead atoms. The Balaban J connectivity index is 3.26. The first kappa shape index (κ1) is 10.8. The highest BCUT2D eigenvalue weighted by Crippen LogP contribution is 2.32. The fraction of sp³-hybridized carbons (Fsp3) is 0. The number of aromatic hydroxyl groups is 1. The van der Waals surface area contributed by atoms with Crippen molar-refractivity contribution in [2.45, 2.75) is 0 Å². The summed E-state index contributed by atoms with van der Waals surface area (Å²) >= 11 is 11.0. The van der Waals surface area contributed by atoms with Crippen molar-refractivity contribution in [2.24, 2.45) is 0 Å². The molecular formula is C8H4Cl2O4. The minimum absolute atomic E-state index is 0.165. The predicted octanol–water partition coefficient (Wildman–Crippen LogP) is 1.97. The summed E-state index contributed by atoms with van der Waals surface area (Å²) in [5.74, 6) is -3.12. The second-order valence-electron chi connectivity index (χ2n) is 2.42. The number of phenolic OH excluding ortho intramolecular Hbond substituents is 1. The number of carboxylic acid groups (broad SMARTS) is 1. The van der Waals surface area contributed by atoms with E-state index in [1.54, 1.807) is 0 Å². The Kier molecular flexibility index (Phi) is 2.98. The van der Waals surface area contributed by atoms with E-state index in [-0.39, 0.29) is 21.4 Å². The van der Waals surface area contributed by atoms with E-state index in [0.717, 1.165) is 12.1 Å². The molecule has 74 valence electrons. The Morgan fingerprint density at radius 2 is 1.57 bits per heavy atom. The van der Waals surface area contributed by atoms with Crippen molar-refractivity contribution in [1.82, 2.24) is 0 Å². The van der Waals surface area contributed by atoms with Gasteiger partial charge in [0.1, 0.15) is 0 Å². The Morgan fingerprint density at radius 3 is 1.93 bits per heavy atom. The van der Waals surface area contributed by atoms with Gasteiger partial charge in [-0.1, -0.05) is 23.2 Å². The van der Waals surface area contributed by atoms with Gasteiger partial charge in [-0.05, 0) is 12.1 Å². The molecule has 14 heavy (non-hydrogen) atoms. The summed E-state index contributed by atoms with van der Waals surface area (Å²) in [5, 5.41) is 17.2. The van der Waals surface area contributed by atoms with E-state index in [2.05, 4.69) is 0 Å². The van der Waals surface area contributed by atoms with Crippen molar-refractivity contribution in [3.63, 3.8) is 0 Å². The molecule has 0 aliphatic carbocycles. The van der Waals surface area contributed by atoms with E-state index in [9.17, 15) is 9.59 Å². The molecule has 4 nitrogen and oxygen atoms in total. The van der Waals surface area contributed by atoms with Crippen LogP contribution in [0.2, 0.25) is 10.0 Å². The Bertz CT molecular complexity index is 391. The molecule has 6 heteroatoms. The smallest absolute Gasteiger partial charge is 0.377 e. The van der Waals surface area contributed by atoms with Crippen molar-refractivity contribution in [3.05, 3.63) is 27.7 Å². The topological polar surface area (TPSA) is 74.6 Å². The van der Waals surface area contributed by atoms with Crippen LogP contribution in [-0.4, -0.2) is 22.0 Å². The van der Waals surface area contributed by atoms with E-state index in [1.165, 1.54) is 0 Å². The van der Waals surface area contributed by atoms with Crippen LogP contribution in [0.25, 0.3) is 0 Å². The Labute approximate surface area is 88.7 Å². The molecule has 0 aromatic heterocycles. The number of hydrogen-bond acceptors (Lipinski definition) is 3. The number of phenols is 1. The van der Waals surface area contributed by atoms with Crippen molar-refractivity contribution >= 4 is 35.0 Å². The molecule has 1 aromatic carbocycles. The molecule has 0 aliphatic rings. The van der Waals surface area contributed by atoms with Gasteiger partial charge in [0.25, 0.3) is 5.78 Å². The summed E-state index contributed by atoms with van der Waals surface area (Å²) in [7, 11) is 0. The summed E-state index contributed by atoms with van der Waals surface area (Å²) in [5.41, 5.74) is -0.176. The second-order valence-corrected chi connectivity index (χ2v) is 3.24. The summed E-state index contributed by atoms with van der Waals surface area (Å²) in [4.78, 5) is 21.3. The van der Waals surface area contributed by atoms with Crippen LogP contribution in [0.3, 0.4) is 0 Å². The van der Waals surface area contributed by atoms with E-state index in [0.29, 0.717) is 0 Å². The van der Waals surface area contributed by atoms with Gasteiger partial charge in [0.15, 0.2) is 5.75 Å². The van der Waals surface area contributed by atoms with Crippen LogP contribution < -0.4 is 0 Å². The standard InChI is InChI=1S/C8H4Cl2O4/c9-4-1-3(6(11)8(13)14)2-5(10)7(4)12/h1-2,12H,(H,13,14). The lowest BCUT2D eigenvalue weighted by molar-refractivity contribution is -0.131. The van der Waals surface area contributed by atoms with Gasteiger partial charge in [-0.3, -0.25) is 4.79 Å². The van der Waals surface area contributed by atoms with Gasteiger partial charge in [-0.2, -0.15) is 0 Å². The molecule has 0 radical (unpaired) electrons. The maximum absolute atomic E-state index is 11.0. The van der Waals surface area contributed by atoms with Crippen LogP contribution in [0, 0.1) is 0 Å². The molecule has 1 rings (SSSR count). The van der Waals surface area contributed by atoms with E-state index in [1.807, 2.05) is 0 Å². The number of Topliss-reactive ketones (excluding diaryl/α,β-unsaturated/α-hetero) is 1. The summed E-state index contributed by atoms with van der Waals surface area (Å²) in [6.07, 6.45) is 0. The third kappa shape index (κ3) is 1.97. The third-order valence-electron chi connectivity index (χ3n) is 1.47. The highest BCUT2D eigenvalue weighted by Gasteiger charge is 2.17. The zero-order chi connectivity index (χ0) is 10.9. The monoisotopic (exact) mass is 234 g/mol. The normalized spacial score (nSPS) is 9.86. The second kappa shape index (κ2) is 3.86. The number of carbonyl (C=O) groups is 2. The molecule has 0 spiro atoms. The third-order valence-corrected chi connectivity index (χ3v) is 2.05. The summed E-state index contributed by atoms with van der Waals surface area (Å²) in [6.45, 7) is 0. The van der Waals surface area contributed by atoms with Gasteiger partial charge in [0.2, 0.25) is 0 Å². The highest BCUT2D eigenvalue weighted by atomic mass is 35.5. The molecule has 0 heterocycles. The first-order valence-corrected chi connectivity index (χ1v) is 4.14. The maximum atomic E-state index is 11.0. The summed E-state index contributed by atoms with van der Waals surface area (Å²) in [6, 6.07) is 2.08. The first-order valence-electron chi connectivity index (χ1n) is 3.39. The number of benzene rings is 1. The fourth-order valence-electron chi connectivity index (χ4n) is 0.820. The van der Waals surface area contributed by atoms with Crippen molar-refractivity contribution in [3.8, 4) is 5.75 Å². The zero-order valence-corrected chi connectivity index (χ0v) is 8.13. The SMILES string of the molecule is O=C(O)C(=O)c1cc(Cl)c(O)c(Cl)c1. The van der Waals surface area contributed by atoms with Crippen LogP contribution in [0.5, 0.6) is 5.75 Å². The van der Waals surface area contributed by atoms with Crippen molar-refractivity contribution in [2.75, 3.05) is 0 Å². The largest absolute Gasteiger partial charge is 0.505 e. The minimum Gasteiger partial charge on any atom is -0.505 e. The first-order chi connectivity index (χ1) is 6.43. The average molecular weight is 235 g/mol. The van der Waals surface area contributed by atoms with Crippen LogP contribution >= 0.6 is 23.2 Å². The fourth-order valence-corrected chi connectivity index (χ4v) is 1.31. The number of hydrogen-bond donors (Lipinski definition) is 2. The van der Waals surface area contributed by atoms with Gasteiger partial charge < -0.3 is 10.2 Å². The van der Waals surface area contributed by atoms with Gasteiger partial charge in [-0.25, -0.2) is 4.79 Å². The number of rotatable bonds is 2.